The number of nitrogens with zero attached hydrogens (tertiary/aromatic N) is 3. The molecule has 25 heavy (non-hydrogen) atoms. The van der Waals surface area contributed by atoms with E-state index in [1.54, 1.807) is 23.1 Å². The maximum absolute atomic E-state index is 13.1. The number of aryl methyl sites for hydroxylation is 1. The fraction of sp³-hybridized carbons (Fsp3) is 0.368. The van der Waals surface area contributed by atoms with Crippen molar-refractivity contribution in [3.8, 4) is 6.07 Å². The molecule has 0 radical (unpaired) electrons. The lowest BCUT2D eigenvalue weighted by molar-refractivity contribution is 0.0575. The van der Waals surface area contributed by atoms with Crippen LogP contribution in [0.5, 0.6) is 0 Å². The van der Waals surface area contributed by atoms with Crippen LogP contribution in [-0.2, 0) is 6.42 Å². The number of hydrogen-bond donors (Lipinski definition) is 0. The molecule has 0 spiro atoms. The second kappa shape index (κ2) is 7.49. The first kappa shape index (κ1) is 17.2. The monoisotopic (exact) mass is 341 g/mol. The van der Waals surface area contributed by atoms with E-state index in [1.165, 1.54) is 12.1 Å². The van der Waals surface area contributed by atoms with Gasteiger partial charge in [0.05, 0.1) is 6.07 Å². The van der Waals surface area contributed by atoms with Crippen molar-refractivity contribution in [2.24, 2.45) is 0 Å². The summed E-state index contributed by atoms with van der Waals surface area (Å²) in [6.45, 7) is 4.20. The van der Waals surface area contributed by atoms with Crippen LogP contribution in [0, 0.1) is 17.1 Å². The summed E-state index contributed by atoms with van der Waals surface area (Å²) in [5.41, 5.74) is 0.766. The molecule has 1 fully saturated rings. The minimum Gasteiger partial charge on any atom is -0.456 e. The van der Waals surface area contributed by atoms with Crippen LogP contribution in [0.3, 0.4) is 0 Å². The van der Waals surface area contributed by atoms with Crippen LogP contribution in [0.15, 0.2) is 40.8 Å². The van der Waals surface area contributed by atoms with E-state index in [-0.39, 0.29) is 11.7 Å². The second-order valence-corrected chi connectivity index (χ2v) is 6.03. The van der Waals surface area contributed by atoms with Crippen LogP contribution in [0.2, 0.25) is 0 Å². The molecule has 1 aromatic heterocycles. The van der Waals surface area contributed by atoms with Gasteiger partial charge in [0.2, 0.25) is 0 Å². The molecule has 0 saturated carbocycles. The zero-order chi connectivity index (χ0) is 17.8. The van der Waals surface area contributed by atoms with Gasteiger partial charge in [0.25, 0.3) is 5.91 Å². The smallest absolute Gasteiger partial charge is 0.289 e. The van der Waals surface area contributed by atoms with E-state index < -0.39 is 6.04 Å². The third kappa shape index (κ3) is 3.72. The Morgan fingerprint density at radius 2 is 1.88 bits per heavy atom. The molecule has 2 aromatic rings. The number of hydrogen-bond acceptors (Lipinski definition) is 4. The van der Waals surface area contributed by atoms with Gasteiger partial charge in [-0.1, -0.05) is 19.1 Å². The molecular weight excluding hydrogens is 321 g/mol. The van der Waals surface area contributed by atoms with Gasteiger partial charge < -0.3 is 9.32 Å². The van der Waals surface area contributed by atoms with Crippen molar-refractivity contribution >= 4 is 5.91 Å². The van der Waals surface area contributed by atoms with Crippen molar-refractivity contribution in [3.63, 3.8) is 0 Å². The number of carbonyl (C=O) groups is 1. The molecule has 130 valence electrons. The largest absolute Gasteiger partial charge is 0.456 e. The Kier molecular flexibility index (Phi) is 5.15. The molecule has 1 amide bonds. The summed E-state index contributed by atoms with van der Waals surface area (Å²) >= 11 is 0. The summed E-state index contributed by atoms with van der Waals surface area (Å²) in [4.78, 5) is 16.2. The predicted molar refractivity (Wildman–Crippen MR) is 90.3 cm³/mol. The molecule has 0 bridgehead atoms. The Morgan fingerprint density at radius 3 is 2.44 bits per heavy atom. The summed E-state index contributed by atoms with van der Waals surface area (Å²) in [7, 11) is 0. The first-order chi connectivity index (χ1) is 12.1. The summed E-state index contributed by atoms with van der Waals surface area (Å²) in [6, 6.07) is 11.4. The molecule has 0 unspecified atom stereocenters. The molecule has 5 nitrogen and oxygen atoms in total. The third-order valence-corrected chi connectivity index (χ3v) is 4.50. The van der Waals surface area contributed by atoms with Gasteiger partial charge in [-0.15, -0.1) is 0 Å². The molecule has 2 heterocycles. The van der Waals surface area contributed by atoms with E-state index in [0.29, 0.717) is 31.9 Å². The first-order valence-corrected chi connectivity index (χ1v) is 8.39. The zero-order valence-electron chi connectivity index (χ0n) is 14.1. The lowest BCUT2D eigenvalue weighted by Crippen LogP contribution is -2.49. The standard InChI is InChI=1S/C19H20FN3O2/c1-2-16-7-8-18(25-16)19(24)23-11-9-22(10-12-23)17(13-21)14-3-5-15(20)6-4-14/h3-8,17H,2,9-12H2,1H3/t17-/m0/s1. The molecule has 0 aliphatic carbocycles. The van der Waals surface area contributed by atoms with Crippen molar-refractivity contribution in [1.29, 1.82) is 5.26 Å². The van der Waals surface area contributed by atoms with Gasteiger partial charge in [0.15, 0.2) is 5.76 Å². The number of piperazine rings is 1. The van der Waals surface area contributed by atoms with Gasteiger partial charge in [-0.05, 0) is 29.8 Å². The molecule has 1 aliphatic heterocycles. The van der Waals surface area contributed by atoms with Crippen molar-refractivity contribution in [2.75, 3.05) is 26.2 Å². The van der Waals surface area contributed by atoms with E-state index in [0.717, 1.165) is 17.7 Å². The number of benzene rings is 1. The molecule has 1 aromatic carbocycles. The highest BCUT2D eigenvalue weighted by Crippen LogP contribution is 2.22. The van der Waals surface area contributed by atoms with Gasteiger partial charge in [0.1, 0.15) is 17.6 Å². The van der Waals surface area contributed by atoms with Crippen molar-refractivity contribution in [2.45, 2.75) is 19.4 Å². The number of rotatable bonds is 4. The lowest BCUT2D eigenvalue weighted by Gasteiger charge is -2.36. The van der Waals surface area contributed by atoms with Crippen molar-refractivity contribution < 1.29 is 13.6 Å². The lowest BCUT2D eigenvalue weighted by atomic mass is 10.1. The summed E-state index contributed by atoms with van der Waals surface area (Å²) in [5, 5.41) is 9.50. The van der Waals surface area contributed by atoms with E-state index in [9.17, 15) is 14.4 Å². The number of halogens is 1. The van der Waals surface area contributed by atoms with Crippen LogP contribution in [0.4, 0.5) is 4.39 Å². The fourth-order valence-corrected chi connectivity index (χ4v) is 3.03. The predicted octanol–water partition coefficient (Wildman–Crippen LogP) is 3.00. The van der Waals surface area contributed by atoms with Crippen LogP contribution in [-0.4, -0.2) is 41.9 Å². The first-order valence-electron chi connectivity index (χ1n) is 8.39. The second-order valence-electron chi connectivity index (χ2n) is 6.03. The quantitative estimate of drug-likeness (QED) is 0.858. The van der Waals surface area contributed by atoms with E-state index >= 15 is 0 Å². The average molecular weight is 341 g/mol. The molecule has 1 aliphatic rings. The summed E-state index contributed by atoms with van der Waals surface area (Å²) in [5.74, 6) is 0.721. The van der Waals surface area contributed by atoms with Crippen LogP contribution in [0.25, 0.3) is 0 Å². The molecule has 3 rings (SSSR count). The number of furan rings is 1. The van der Waals surface area contributed by atoms with Crippen LogP contribution >= 0.6 is 0 Å². The number of amides is 1. The van der Waals surface area contributed by atoms with E-state index in [4.69, 9.17) is 4.42 Å². The maximum Gasteiger partial charge on any atom is 0.289 e. The minimum absolute atomic E-state index is 0.116. The SMILES string of the molecule is CCc1ccc(C(=O)N2CCN([C@@H](C#N)c3ccc(F)cc3)CC2)o1. The normalized spacial score (nSPS) is 16.4. The van der Waals surface area contributed by atoms with Crippen molar-refractivity contribution in [3.05, 3.63) is 59.3 Å². The Bertz CT molecular complexity index is 771. The highest BCUT2D eigenvalue weighted by atomic mass is 19.1. The van der Waals surface area contributed by atoms with Gasteiger partial charge in [0, 0.05) is 32.6 Å². The van der Waals surface area contributed by atoms with Gasteiger partial charge in [-0.2, -0.15) is 5.26 Å². The number of nitriles is 1. The molecule has 6 heteroatoms. The van der Waals surface area contributed by atoms with E-state index in [2.05, 4.69) is 6.07 Å². The van der Waals surface area contributed by atoms with Crippen LogP contribution < -0.4 is 0 Å². The Morgan fingerprint density at radius 1 is 1.20 bits per heavy atom. The fourth-order valence-electron chi connectivity index (χ4n) is 3.03. The van der Waals surface area contributed by atoms with Gasteiger partial charge in [-0.25, -0.2) is 4.39 Å². The third-order valence-electron chi connectivity index (χ3n) is 4.50. The minimum atomic E-state index is -0.437. The zero-order valence-corrected chi connectivity index (χ0v) is 14.1. The molecule has 0 N–H and O–H groups in total. The van der Waals surface area contributed by atoms with Crippen molar-refractivity contribution in [1.82, 2.24) is 9.80 Å². The molecular formula is C19H20FN3O2. The Balaban J connectivity index is 1.63. The van der Waals surface area contributed by atoms with Gasteiger partial charge >= 0.3 is 0 Å². The Labute approximate surface area is 146 Å². The summed E-state index contributed by atoms with van der Waals surface area (Å²) < 4.78 is 18.6. The summed E-state index contributed by atoms with van der Waals surface area (Å²) in [6.07, 6.45) is 0.753. The van der Waals surface area contributed by atoms with Crippen LogP contribution in [0.1, 0.15) is 34.8 Å². The van der Waals surface area contributed by atoms with E-state index in [1.807, 2.05) is 17.9 Å². The highest BCUT2D eigenvalue weighted by molar-refractivity contribution is 5.91. The molecule has 1 saturated heterocycles. The Hall–Kier alpha value is -2.65. The maximum atomic E-state index is 13.1. The highest BCUT2D eigenvalue weighted by Gasteiger charge is 2.28. The average Bonchev–Trinajstić information content (AvgIpc) is 3.13. The van der Waals surface area contributed by atoms with Gasteiger partial charge in [-0.3, -0.25) is 9.69 Å². The topological polar surface area (TPSA) is 60.5 Å². The number of carbonyl (C=O) groups excluding carboxylic acids is 1. The molecule has 1 atom stereocenters.